The zero-order valence-electron chi connectivity index (χ0n) is 20.2. The standard InChI is InChI=1S/C11H12O2.C8H14O3.C6H10O3/c1-9(2)11(12)13-8-10-6-4-3-5-7-10;1-5-10-7(4)11-8(9)6(2)3;1-5(2)6(8)9-4-3-7/h3-7H,1,8H2,2H3;7H,2,5H2,1,3-4H3;7H,1,3-4H2,2H3. The van der Waals surface area contributed by atoms with Crippen LogP contribution >= 0.6 is 0 Å². The summed E-state index contributed by atoms with van der Waals surface area (Å²) in [5, 5.41) is 8.19. The maximum absolute atomic E-state index is 11.0. The minimum absolute atomic E-state index is 0.0473. The molecular weight excluding hydrogens is 428 g/mol. The Bertz CT molecular complexity index is 768. The van der Waals surface area contributed by atoms with Crippen molar-refractivity contribution in [1.29, 1.82) is 0 Å². The van der Waals surface area contributed by atoms with Crippen molar-refractivity contribution in [3.63, 3.8) is 0 Å². The lowest BCUT2D eigenvalue weighted by atomic mass is 10.2. The third-order valence-electron chi connectivity index (χ3n) is 3.26. The third kappa shape index (κ3) is 19.2. The molecule has 0 aliphatic carbocycles. The summed E-state index contributed by atoms with van der Waals surface area (Å²) in [6.45, 7) is 19.3. The minimum Gasteiger partial charge on any atom is -0.460 e. The number of carbonyl (C=O) groups is 3. The van der Waals surface area contributed by atoms with Crippen LogP contribution in [-0.4, -0.2) is 49.1 Å². The van der Waals surface area contributed by atoms with Crippen LogP contribution in [0.3, 0.4) is 0 Å². The number of hydrogen-bond donors (Lipinski definition) is 1. The number of ether oxygens (including phenoxy) is 4. The van der Waals surface area contributed by atoms with Gasteiger partial charge in [0.15, 0.2) is 6.29 Å². The van der Waals surface area contributed by atoms with Gasteiger partial charge in [0.1, 0.15) is 13.2 Å². The summed E-state index contributed by atoms with van der Waals surface area (Å²) in [7, 11) is 0. The summed E-state index contributed by atoms with van der Waals surface area (Å²) in [5.41, 5.74) is 2.15. The van der Waals surface area contributed by atoms with Crippen LogP contribution < -0.4 is 0 Å². The lowest BCUT2D eigenvalue weighted by Gasteiger charge is -2.11. The fraction of sp³-hybridized carbons (Fsp3) is 0.400. The number of esters is 3. The van der Waals surface area contributed by atoms with Gasteiger partial charge >= 0.3 is 17.9 Å². The van der Waals surface area contributed by atoms with Gasteiger partial charge in [-0.05, 0) is 40.2 Å². The quantitative estimate of drug-likeness (QED) is 0.240. The lowest BCUT2D eigenvalue weighted by molar-refractivity contribution is -0.169. The Morgan fingerprint density at radius 2 is 1.36 bits per heavy atom. The molecule has 1 aromatic rings. The molecule has 1 atom stereocenters. The first-order chi connectivity index (χ1) is 15.5. The highest BCUT2D eigenvalue weighted by molar-refractivity contribution is 5.87. The molecule has 1 N–H and O–H groups in total. The Hall–Kier alpha value is -3.23. The predicted octanol–water partition coefficient (Wildman–Crippen LogP) is 3.89. The van der Waals surface area contributed by atoms with Crippen molar-refractivity contribution in [3.8, 4) is 0 Å². The molecule has 8 heteroatoms. The van der Waals surface area contributed by atoms with E-state index in [1.807, 2.05) is 37.3 Å². The fourth-order valence-electron chi connectivity index (χ4n) is 1.63. The van der Waals surface area contributed by atoms with Crippen LogP contribution in [0, 0.1) is 0 Å². The number of benzene rings is 1. The predicted molar refractivity (Wildman–Crippen MR) is 126 cm³/mol. The van der Waals surface area contributed by atoms with Crippen molar-refractivity contribution in [1.82, 2.24) is 0 Å². The SMILES string of the molecule is C=C(C)C(=O)OC(C)OCC.C=C(C)C(=O)OCCO.C=C(C)C(=O)OCc1ccccc1. The molecule has 0 aliphatic heterocycles. The molecule has 0 bridgehead atoms. The van der Waals surface area contributed by atoms with Crippen LogP contribution in [0.4, 0.5) is 0 Å². The summed E-state index contributed by atoms with van der Waals surface area (Å²) in [6.07, 6.45) is -0.482. The monoisotopic (exact) mass is 464 g/mol. The van der Waals surface area contributed by atoms with Crippen LogP contribution in [0.25, 0.3) is 0 Å². The van der Waals surface area contributed by atoms with Gasteiger partial charge in [0.2, 0.25) is 0 Å². The Labute approximate surface area is 196 Å². The van der Waals surface area contributed by atoms with Gasteiger partial charge in [-0.2, -0.15) is 0 Å². The number of rotatable bonds is 10. The average molecular weight is 465 g/mol. The van der Waals surface area contributed by atoms with Gasteiger partial charge in [-0.3, -0.25) is 0 Å². The van der Waals surface area contributed by atoms with E-state index in [2.05, 4.69) is 24.5 Å². The van der Waals surface area contributed by atoms with Gasteiger partial charge in [-0.1, -0.05) is 50.1 Å². The van der Waals surface area contributed by atoms with Crippen molar-refractivity contribution in [2.45, 2.75) is 47.5 Å². The van der Waals surface area contributed by atoms with E-state index in [-0.39, 0.29) is 19.2 Å². The van der Waals surface area contributed by atoms with Gasteiger partial charge in [0, 0.05) is 23.3 Å². The number of hydrogen-bond acceptors (Lipinski definition) is 8. The van der Waals surface area contributed by atoms with Crippen molar-refractivity contribution in [3.05, 3.63) is 72.4 Å². The molecule has 8 nitrogen and oxygen atoms in total. The van der Waals surface area contributed by atoms with Crippen LogP contribution in [-0.2, 0) is 39.9 Å². The van der Waals surface area contributed by atoms with E-state index in [4.69, 9.17) is 19.3 Å². The van der Waals surface area contributed by atoms with Crippen LogP contribution in [0.2, 0.25) is 0 Å². The summed E-state index contributed by atoms with van der Waals surface area (Å²) in [4.78, 5) is 32.3. The highest BCUT2D eigenvalue weighted by Gasteiger charge is 2.08. The normalized spacial score (nSPS) is 10.1. The van der Waals surface area contributed by atoms with Crippen LogP contribution in [0.5, 0.6) is 0 Å². The molecule has 0 saturated carbocycles. The molecule has 0 amide bonds. The lowest BCUT2D eigenvalue weighted by Crippen LogP contribution is -2.18. The summed E-state index contributed by atoms with van der Waals surface area (Å²) in [6, 6.07) is 9.55. The van der Waals surface area contributed by atoms with Gasteiger partial charge in [0.05, 0.1) is 6.61 Å². The molecule has 0 radical (unpaired) electrons. The molecule has 1 unspecified atom stereocenters. The van der Waals surface area contributed by atoms with Gasteiger partial charge in [0.25, 0.3) is 0 Å². The number of carbonyl (C=O) groups excluding carboxylic acids is 3. The Kier molecular flexibility index (Phi) is 18.8. The fourth-order valence-corrected chi connectivity index (χ4v) is 1.63. The molecular formula is C25H36O8. The van der Waals surface area contributed by atoms with Gasteiger partial charge in [-0.15, -0.1) is 0 Å². The van der Waals surface area contributed by atoms with E-state index in [1.54, 1.807) is 27.7 Å². The maximum Gasteiger partial charge on any atom is 0.335 e. The second-order valence-corrected chi connectivity index (χ2v) is 6.69. The molecule has 0 aliphatic rings. The van der Waals surface area contributed by atoms with E-state index in [0.717, 1.165) is 5.56 Å². The topological polar surface area (TPSA) is 108 Å². The van der Waals surface area contributed by atoms with Crippen molar-refractivity contribution < 1.29 is 38.4 Å². The maximum atomic E-state index is 11.0. The molecule has 1 aromatic carbocycles. The molecule has 33 heavy (non-hydrogen) atoms. The Balaban J connectivity index is 0. The zero-order chi connectivity index (χ0) is 25.8. The highest BCUT2D eigenvalue weighted by atomic mass is 16.7. The molecule has 1 rings (SSSR count). The largest absolute Gasteiger partial charge is 0.460 e. The van der Waals surface area contributed by atoms with Crippen molar-refractivity contribution >= 4 is 17.9 Å². The second kappa shape index (κ2) is 19.5. The summed E-state index contributed by atoms with van der Waals surface area (Å²) < 4.78 is 19.2. The molecule has 0 aromatic heterocycles. The zero-order valence-corrected chi connectivity index (χ0v) is 20.2. The molecule has 184 valence electrons. The van der Waals surface area contributed by atoms with Crippen LogP contribution in [0.15, 0.2) is 66.8 Å². The van der Waals surface area contributed by atoms with E-state index >= 15 is 0 Å². The second-order valence-electron chi connectivity index (χ2n) is 6.69. The van der Waals surface area contributed by atoms with E-state index in [9.17, 15) is 14.4 Å². The van der Waals surface area contributed by atoms with Crippen molar-refractivity contribution in [2.24, 2.45) is 0 Å². The summed E-state index contributed by atoms with van der Waals surface area (Å²) in [5.74, 6) is -1.21. The third-order valence-corrected chi connectivity index (χ3v) is 3.26. The van der Waals surface area contributed by atoms with Crippen LogP contribution in [0.1, 0.15) is 40.2 Å². The minimum atomic E-state index is -0.482. The highest BCUT2D eigenvalue weighted by Crippen LogP contribution is 2.02. The van der Waals surface area contributed by atoms with E-state index in [1.165, 1.54) is 0 Å². The van der Waals surface area contributed by atoms with Gasteiger partial charge < -0.3 is 24.1 Å². The summed E-state index contributed by atoms with van der Waals surface area (Å²) >= 11 is 0. The van der Waals surface area contributed by atoms with Gasteiger partial charge in [-0.25, -0.2) is 14.4 Å². The first kappa shape index (κ1) is 32.0. The Morgan fingerprint density at radius 3 is 1.79 bits per heavy atom. The average Bonchev–Trinajstić information content (AvgIpc) is 2.77. The molecule has 0 heterocycles. The molecule has 0 fully saturated rings. The smallest absolute Gasteiger partial charge is 0.335 e. The Morgan fingerprint density at radius 1 is 0.879 bits per heavy atom. The number of aliphatic hydroxyl groups is 1. The first-order valence-corrected chi connectivity index (χ1v) is 10.2. The molecule has 0 saturated heterocycles. The van der Waals surface area contributed by atoms with E-state index in [0.29, 0.717) is 29.9 Å². The first-order valence-electron chi connectivity index (χ1n) is 10.2. The molecule has 0 spiro atoms. The number of aliphatic hydroxyl groups excluding tert-OH is 1. The van der Waals surface area contributed by atoms with Crippen molar-refractivity contribution in [2.75, 3.05) is 19.8 Å². The van der Waals surface area contributed by atoms with E-state index < -0.39 is 18.2 Å².